The minimum Gasteiger partial charge on any atom is -0.496 e. The van der Waals surface area contributed by atoms with Crippen molar-refractivity contribution in [2.45, 2.75) is 6.54 Å². The summed E-state index contributed by atoms with van der Waals surface area (Å²) < 4.78 is 5.34. The van der Waals surface area contributed by atoms with Crippen molar-refractivity contribution in [2.75, 3.05) is 39.8 Å². The SMILES string of the molecule is COc1cccc(Cl)c1CN1CCN(CC(=O)O)CC1. The number of aliphatic carboxylic acids is 1. The second-order valence-corrected chi connectivity index (χ2v) is 5.27. The van der Waals surface area contributed by atoms with Gasteiger partial charge >= 0.3 is 5.97 Å². The van der Waals surface area contributed by atoms with Crippen molar-refractivity contribution >= 4 is 17.6 Å². The molecule has 2 rings (SSSR count). The lowest BCUT2D eigenvalue weighted by Gasteiger charge is -2.34. The van der Waals surface area contributed by atoms with E-state index in [-0.39, 0.29) is 6.54 Å². The maximum absolute atomic E-state index is 10.7. The van der Waals surface area contributed by atoms with Gasteiger partial charge in [0.05, 0.1) is 13.7 Å². The van der Waals surface area contributed by atoms with Crippen LogP contribution in [-0.2, 0) is 11.3 Å². The van der Waals surface area contributed by atoms with Gasteiger partial charge < -0.3 is 9.84 Å². The Morgan fingerprint density at radius 2 is 1.95 bits per heavy atom. The number of carboxylic acids is 1. The summed E-state index contributed by atoms with van der Waals surface area (Å²) in [4.78, 5) is 14.9. The highest BCUT2D eigenvalue weighted by Gasteiger charge is 2.20. The number of ether oxygens (including phenoxy) is 1. The smallest absolute Gasteiger partial charge is 0.317 e. The maximum atomic E-state index is 10.7. The van der Waals surface area contributed by atoms with Gasteiger partial charge in [0.1, 0.15) is 5.75 Å². The predicted molar refractivity (Wildman–Crippen MR) is 77.4 cm³/mol. The number of rotatable bonds is 5. The number of halogens is 1. The Labute approximate surface area is 123 Å². The van der Waals surface area contributed by atoms with Crippen LogP contribution < -0.4 is 4.74 Å². The van der Waals surface area contributed by atoms with Gasteiger partial charge in [-0.25, -0.2) is 0 Å². The molecule has 1 fully saturated rings. The Balaban J connectivity index is 1.94. The molecular formula is C14H19ClN2O3. The molecule has 1 saturated heterocycles. The fourth-order valence-corrected chi connectivity index (χ4v) is 2.63. The van der Waals surface area contributed by atoms with Gasteiger partial charge in [0, 0.05) is 43.3 Å². The topological polar surface area (TPSA) is 53.0 Å². The standard InChI is InChI=1S/C14H19ClN2O3/c1-20-13-4-2-3-12(15)11(13)9-16-5-7-17(8-6-16)10-14(18)19/h2-4H,5-10H2,1H3,(H,18,19). The molecule has 0 spiro atoms. The summed E-state index contributed by atoms with van der Waals surface area (Å²) >= 11 is 6.23. The first-order valence-electron chi connectivity index (χ1n) is 6.58. The van der Waals surface area contributed by atoms with Gasteiger partial charge in [-0.05, 0) is 12.1 Å². The molecule has 1 aliphatic heterocycles. The first-order chi connectivity index (χ1) is 9.60. The first-order valence-corrected chi connectivity index (χ1v) is 6.96. The van der Waals surface area contributed by atoms with Crippen LogP contribution in [0.2, 0.25) is 5.02 Å². The second kappa shape index (κ2) is 6.92. The summed E-state index contributed by atoms with van der Waals surface area (Å²) in [5.74, 6) is 0.0247. The quantitative estimate of drug-likeness (QED) is 0.894. The molecule has 20 heavy (non-hydrogen) atoms. The number of nitrogens with zero attached hydrogens (tertiary/aromatic N) is 2. The van der Waals surface area contributed by atoms with Crippen molar-refractivity contribution in [3.63, 3.8) is 0 Å². The number of hydrogen-bond donors (Lipinski definition) is 1. The lowest BCUT2D eigenvalue weighted by atomic mass is 10.1. The summed E-state index contributed by atoms with van der Waals surface area (Å²) in [5.41, 5.74) is 0.989. The van der Waals surface area contributed by atoms with Crippen LogP contribution in [0.1, 0.15) is 5.56 Å². The number of methoxy groups -OCH3 is 1. The molecule has 1 heterocycles. The normalized spacial score (nSPS) is 17.1. The fraction of sp³-hybridized carbons (Fsp3) is 0.500. The van der Waals surface area contributed by atoms with E-state index in [4.69, 9.17) is 21.4 Å². The van der Waals surface area contributed by atoms with Crippen LogP contribution in [0.3, 0.4) is 0 Å². The van der Waals surface area contributed by atoms with Crippen LogP contribution >= 0.6 is 11.6 Å². The molecule has 1 N–H and O–H groups in total. The van der Waals surface area contributed by atoms with Crippen molar-refractivity contribution in [1.82, 2.24) is 9.80 Å². The van der Waals surface area contributed by atoms with E-state index in [2.05, 4.69) is 4.90 Å². The predicted octanol–water partition coefficient (Wildman–Crippen LogP) is 1.55. The molecule has 0 bridgehead atoms. The molecule has 110 valence electrons. The van der Waals surface area contributed by atoms with E-state index in [1.165, 1.54) is 0 Å². The summed E-state index contributed by atoms with van der Waals surface area (Å²) in [7, 11) is 1.64. The summed E-state index contributed by atoms with van der Waals surface area (Å²) in [6, 6.07) is 5.64. The molecular weight excluding hydrogens is 280 g/mol. The van der Waals surface area contributed by atoms with E-state index in [1.54, 1.807) is 7.11 Å². The van der Waals surface area contributed by atoms with Crippen molar-refractivity contribution < 1.29 is 14.6 Å². The minimum absolute atomic E-state index is 0.114. The molecule has 1 aliphatic rings. The largest absolute Gasteiger partial charge is 0.496 e. The molecule has 1 aromatic carbocycles. The third-order valence-corrected chi connectivity index (χ3v) is 3.86. The van der Waals surface area contributed by atoms with Gasteiger partial charge in [-0.1, -0.05) is 17.7 Å². The highest BCUT2D eigenvalue weighted by Crippen LogP contribution is 2.27. The van der Waals surface area contributed by atoms with Gasteiger partial charge in [0.15, 0.2) is 0 Å². The van der Waals surface area contributed by atoms with Crippen LogP contribution in [0.5, 0.6) is 5.75 Å². The molecule has 5 nitrogen and oxygen atoms in total. The molecule has 0 amide bonds. The number of piperazine rings is 1. The third kappa shape index (κ3) is 3.85. The Bertz CT molecular complexity index is 473. The molecule has 0 radical (unpaired) electrons. The van der Waals surface area contributed by atoms with Crippen LogP contribution in [0.15, 0.2) is 18.2 Å². The maximum Gasteiger partial charge on any atom is 0.317 e. The Morgan fingerprint density at radius 1 is 1.30 bits per heavy atom. The number of carboxylic acid groups (broad SMARTS) is 1. The van der Waals surface area contributed by atoms with Gasteiger partial charge in [-0.2, -0.15) is 0 Å². The number of benzene rings is 1. The van der Waals surface area contributed by atoms with Gasteiger partial charge in [0.25, 0.3) is 0 Å². The first kappa shape index (κ1) is 15.1. The zero-order valence-corrected chi connectivity index (χ0v) is 12.3. The highest BCUT2D eigenvalue weighted by molar-refractivity contribution is 6.31. The average molecular weight is 299 g/mol. The Morgan fingerprint density at radius 3 is 2.55 bits per heavy atom. The molecule has 1 aromatic rings. The van der Waals surface area contributed by atoms with Crippen LogP contribution in [0, 0.1) is 0 Å². The van der Waals surface area contributed by atoms with Crippen molar-refractivity contribution in [3.05, 3.63) is 28.8 Å². The second-order valence-electron chi connectivity index (χ2n) is 4.87. The summed E-state index contributed by atoms with van der Waals surface area (Å²) in [6.45, 7) is 4.04. The highest BCUT2D eigenvalue weighted by atomic mass is 35.5. The molecule has 6 heteroatoms. The molecule has 0 atom stereocenters. The lowest BCUT2D eigenvalue weighted by molar-refractivity contribution is -0.138. The van der Waals surface area contributed by atoms with Crippen LogP contribution in [-0.4, -0.2) is 60.7 Å². The van der Waals surface area contributed by atoms with Crippen molar-refractivity contribution in [1.29, 1.82) is 0 Å². The fourth-order valence-electron chi connectivity index (χ4n) is 2.40. The number of carbonyl (C=O) groups is 1. The van der Waals surface area contributed by atoms with E-state index >= 15 is 0 Å². The zero-order chi connectivity index (χ0) is 14.5. The van der Waals surface area contributed by atoms with Crippen LogP contribution in [0.4, 0.5) is 0 Å². The van der Waals surface area contributed by atoms with Gasteiger partial charge in [-0.15, -0.1) is 0 Å². The Kier molecular flexibility index (Phi) is 5.23. The number of hydrogen-bond acceptors (Lipinski definition) is 4. The molecule has 0 aromatic heterocycles. The molecule has 0 saturated carbocycles. The van der Waals surface area contributed by atoms with E-state index in [0.29, 0.717) is 5.02 Å². The van der Waals surface area contributed by atoms with E-state index < -0.39 is 5.97 Å². The van der Waals surface area contributed by atoms with E-state index in [0.717, 1.165) is 44.0 Å². The monoisotopic (exact) mass is 298 g/mol. The zero-order valence-electron chi connectivity index (χ0n) is 11.5. The van der Waals surface area contributed by atoms with Crippen LogP contribution in [0.25, 0.3) is 0 Å². The Hall–Kier alpha value is -1.30. The van der Waals surface area contributed by atoms with Gasteiger partial charge in [-0.3, -0.25) is 14.6 Å². The molecule has 0 unspecified atom stereocenters. The third-order valence-electron chi connectivity index (χ3n) is 3.50. The van der Waals surface area contributed by atoms with E-state index in [9.17, 15) is 4.79 Å². The average Bonchev–Trinajstić information content (AvgIpc) is 2.42. The lowest BCUT2D eigenvalue weighted by Crippen LogP contribution is -2.47. The van der Waals surface area contributed by atoms with E-state index in [1.807, 2.05) is 23.1 Å². The molecule has 0 aliphatic carbocycles. The van der Waals surface area contributed by atoms with Gasteiger partial charge in [0.2, 0.25) is 0 Å². The van der Waals surface area contributed by atoms with Crippen molar-refractivity contribution in [3.8, 4) is 5.75 Å². The summed E-state index contributed by atoms with van der Waals surface area (Å²) in [6.07, 6.45) is 0. The van der Waals surface area contributed by atoms with Crippen molar-refractivity contribution in [2.24, 2.45) is 0 Å². The minimum atomic E-state index is -0.772. The summed E-state index contributed by atoms with van der Waals surface area (Å²) in [5, 5.41) is 9.49.